The third-order valence-electron chi connectivity index (χ3n) is 3.12. The van der Waals surface area contributed by atoms with Crippen LogP contribution in [0.2, 0.25) is 0 Å². The number of hydrogen-bond donors (Lipinski definition) is 2. The Balaban J connectivity index is 0.00000220. The highest BCUT2D eigenvalue weighted by Crippen LogP contribution is 2.11. The molecule has 2 rings (SSSR count). The minimum atomic E-state index is 0. The average Bonchev–Trinajstić information content (AvgIpc) is 2.75. The van der Waals surface area contributed by atoms with Crippen LogP contribution in [0, 0.1) is 6.92 Å². The van der Waals surface area contributed by atoms with Gasteiger partial charge in [-0.2, -0.15) is 5.10 Å². The number of guanidine groups is 1. The Hall–Kier alpha value is -1.57. The van der Waals surface area contributed by atoms with Crippen molar-refractivity contribution in [3.8, 4) is 0 Å². The zero-order valence-corrected chi connectivity index (χ0v) is 15.0. The number of hydrogen-bond acceptors (Lipinski definition) is 2. The Morgan fingerprint density at radius 3 is 2.76 bits per heavy atom. The van der Waals surface area contributed by atoms with Gasteiger partial charge in [-0.15, -0.1) is 24.0 Å². The van der Waals surface area contributed by atoms with Gasteiger partial charge in [0, 0.05) is 12.7 Å². The lowest BCUT2D eigenvalue weighted by Crippen LogP contribution is -2.22. The van der Waals surface area contributed by atoms with E-state index in [4.69, 9.17) is 5.73 Å². The summed E-state index contributed by atoms with van der Waals surface area (Å²) in [7, 11) is 1.91. The predicted molar refractivity (Wildman–Crippen MR) is 98.1 cm³/mol. The highest BCUT2D eigenvalue weighted by atomic mass is 127. The van der Waals surface area contributed by atoms with Gasteiger partial charge in [0.1, 0.15) is 0 Å². The molecule has 21 heavy (non-hydrogen) atoms. The summed E-state index contributed by atoms with van der Waals surface area (Å²) >= 11 is 0. The number of aromatic nitrogens is 2. The maximum absolute atomic E-state index is 5.91. The first-order chi connectivity index (χ1) is 9.58. The van der Waals surface area contributed by atoms with Gasteiger partial charge < -0.3 is 11.1 Å². The molecule has 0 atom stereocenters. The smallest absolute Gasteiger partial charge is 0.193 e. The molecule has 2 aromatic rings. The number of halogens is 1. The van der Waals surface area contributed by atoms with Crippen LogP contribution in [0.4, 0.5) is 5.69 Å². The Labute approximate surface area is 142 Å². The van der Waals surface area contributed by atoms with Crippen molar-refractivity contribution < 1.29 is 0 Å². The molecule has 3 N–H and O–H groups in total. The molecule has 0 radical (unpaired) electrons. The summed E-state index contributed by atoms with van der Waals surface area (Å²) < 4.78 is 1.82. The quantitative estimate of drug-likeness (QED) is 0.472. The first-order valence-electron chi connectivity index (χ1n) is 6.74. The van der Waals surface area contributed by atoms with E-state index in [1.54, 1.807) is 0 Å². The van der Waals surface area contributed by atoms with Crippen LogP contribution in [0.3, 0.4) is 0 Å². The minimum Gasteiger partial charge on any atom is -0.370 e. The third kappa shape index (κ3) is 5.04. The fraction of sp³-hybridized carbons (Fsp3) is 0.333. The Morgan fingerprint density at radius 1 is 1.38 bits per heavy atom. The monoisotopic (exact) mass is 399 g/mol. The van der Waals surface area contributed by atoms with Crippen molar-refractivity contribution in [3.63, 3.8) is 0 Å². The number of nitrogens with two attached hydrogens (primary N) is 1. The van der Waals surface area contributed by atoms with E-state index in [-0.39, 0.29) is 24.0 Å². The zero-order chi connectivity index (χ0) is 14.5. The lowest BCUT2D eigenvalue weighted by Gasteiger charge is -2.07. The fourth-order valence-electron chi connectivity index (χ4n) is 2.03. The molecule has 5 nitrogen and oxygen atoms in total. The Kier molecular flexibility index (Phi) is 6.67. The lowest BCUT2D eigenvalue weighted by molar-refractivity contribution is 0.706. The van der Waals surface area contributed by atoms with E-state index in [2.05, 4.69) is 34.5 Å². The van der Waals surface area contributed by atoms with Gasteiger partial charge in [-0.25, -0.2) is 4.99 Å². The third-order valence-corrected chi connectivity index (χ3v) is 3.12. The number of aryl methyl sites for hydroxylation is 3. The molecule has 0 bridgehead atoms. The second kappa shape index (κ2) is 8.02. The van der Waals surface area contributed by atoms with Gasteiger partial charge in [0.2, 0.25) is 0 Å². The van der Waals surface area contributed by atoms with Gasteiger partial charge in [-0.1, -0.05) is 19.1 Å². The first kappa shape index (κ1) is 17.5. The molecule has 1 aromatic carbocycles. The van der Waals surface area contributed by atoms with Crippen LogP contribution in [0.15, 0.2) is 35.3 Å². The first-order valence-corrected chi connectivity index (χ1v) is 6.74. The normalized spacial score (nSPS) is 11.1. The molecule has 0 aliphatic rings. The van der Waals surface area contributed by atoms with E-state index in [1.165, 1.54) is 5.56 Å². The topological polar surface area (TPSA) is 68.2 Å². The molecule has 0 amide bonds. The number of anilines is 1. The molecular formula is C15H22IN5. The van der Waals surface area contributed by atoms with Crippen molar-refractivity contribution in [2.75, 3.05) is 5.32 Å². The highest BCUT2D eigenvalue weighted by molar-refractivity contribution is 14.0. The molecular weight excluding hydrogens is 377 g/mol. The highest BCUT2D eigenvalue weighted by Gasteiger charge is 2.01. The van der Waals surface area contributed by atoms with Gasteiger partial charge in [-0.3, -0.25) is 4.68 Å². The molecule has 0 spiro atoms. The standard InChI is InChI=1S/C15H21N5.HI/c1-4-12-6-5-7-13(9-12)18-15(16)17-10-14-8-11(2)19-20(14)3;/h5-9H,4,10H2,1-3H3,(H3,16,17,18);1H. The van der Waals surface area contributed by atoms with Crippen molar-refractivity contribution >= 4 is 35.6 Å². The van der Waals surface area contributed by atoms with E-state index in [9.17, 15) is 0 Å². The van der Waals surface area contributed by atoms with Crippen LogP contribution in [-0.2, 0) is 20.0 Å². The fourth-order valence-corrected chi connectivity index (χ4v) is 2.03. The van der Waals surface area contributed by atoms with Crippen molar-refractivity contribution in [1.29, 1.82) is 0 Å². The number of nitrogens with zero attached hydrogens (tertiary/aromatic N) is 3. The molecule has 114 valence electrons. The van der Waals surface area contributed by atoms with Gasteiger partial charge >= 0.3 is 0 Å². The molecule has 1 heterocycles. The lowest BCUT2D eigenvalue weighted by atomic mass is 10.1. The largest absolute Gasteiger partial charge is 0.370 e. The van der Waals surface area contributed by atoms with Crippen LogP contribution < -0.4 is 11.1 Å². The molecule has 0 saturated heterocycles. The van der Waals surface area contributed by atoms with Crippen molar-refractivity contribution in [2.45, 2.75) is 26.8 Å². The molecule has 0 aliphatic carbocycles. The van der Waals surface area contributed by atoms with E-state index in [1.807, 2.05) is 36.9 Å². The maximum Gasteiger partial charge on any atom is 0.193 e. The minimum absolute atomic E-state index is 0. The van der Waals surface area contributed by atoms with E-state index < -0.39 is 0 Å². The van der Waals surface area contributed by atoms with E-state index in [0.717, 1.165) is 23.5 Å². The molecule has 1 aromatic heterocycles. The summed E-state index contributed by atoms with van der Waals surface area (Å²) in [5.41, 5.74) is 10.2. The zero-order valence-electron chi connectivity index (χ0n) is 12.6. The summed E-state index contributed by atoms with van der Waals surface area (Å²) in [5, 5.41) is 7.39. The van der Waals surface area contributed by atoms with Crippen LogP contribution in [-0.4, -0.2) is 15.7 Å². The predicted octanol–water partition coefficient (Wildman–Crippen LogP) is 2.84. The molecule has 0 saturated carbocycles. The summed E-state index contributed by atoms with van der Waals surface area (Å²) in [5.74, 6) is 0.414. The Morgan fingerprint density at radius 2 is 2.14 bits per heavy atom. The summed E-state index contributed by atoms with van der Waals surface area (Å²) in [6, 6.07) is 10.2. The molecule has 0 unspecified atom stereocenters. The van der Waals surface area contributed by atoms with Crippen LogP contribution >= 0.6 is 24.0 Å². The van der Waals surface area contributed by atoms with Gasteiger partial charge in [0.15, 0.2) is 5.96 Å². The molecule has 0 aliphatic heterocycles. The maximum atomic E-state index is 5.91. The Bertz CT molecular complexity index is 618. The van der Waals surface area contributed by atoms with Gasteiger partial charge in [0.25, 0.3) is 0 Å². The number of rotatable bonds is 4. The second-order valence-corrected chi connectivity index (χ2v) is 4.78. The summed E-state index contributed by atoms with van der Waals surface area (Å²) in [6.45, 7) is 4.61. The van der Waals surface area contributed by atoms with Crippen LogP contribution in [0.5, 0.6) is 0 Å². The number of benzene rings is 1. The molecule has 6 heteroatoms. The van der Waals surface area contributed by atoms with E-state index in [0.29, 0.717) is 12.5 Å². The number of aliphatic imine (C=N–C) groups is 1. The molecule has 0 fully saturated rings. The number of nitrogens with one attached hydrogen (secondary N) is 1. The van der Waals surface area contributed by atoms with Crippen molar-refractivity contribution in [1.82, 2.24) is 9.78 Å². The average molecular weight is 399 g/mol. The second-order valence-electron chi connectivity index (χ2n) is 4.78. The van der Waals surface area contributed by atoms with Crippen molar-refractivity contribution in [3.05, 3.63) is 47.3 Å². The van der Waals surface area contributed by atoms with Gasteiger partial charge in [-0.05, 0) is 37.1 Å². The SMILES string of the molecule is CCc1cccc(NC(N)=NCc2cc(C)nn2C)c1.I. The van der Waals surface area contributed by atoms with E-state index >= 15 is 0 Å². The van der Waals surface area contributed by atoms with Crippen LogP contribution in [0.1, 0.15) is 23.9 Å². The summed E-state index contributed by atoms with van der Waals surface area (Å²) in [4.78, 5) is 4.34. The summed E-state index contributed by atoms with van der Waals surface area (Å²) in [6.07, 6.45) is 1.00. The van der Waals surface area contributed by atoms with Crippen LogP contribution in [0.25, 0.3) is 0 Å². The van der Waals surface area contributed by atoms with Gasteiger partial charge in [0.05, 0.1) is 17.9 Å². The van der Waals surface area contributed by atoms with Crippen molar-refractivity contribution in [2.24, 2.45) is 17.8 Å².